The molecule has 1 heterocycles. The van der Waals surface area contributed by atoms with Crippen molar-refractivity contribution in [2.75, 3.05) is 0 Å². The lowest BCUT2D eigenvalue weighted by Crippen LogP contribution is -2.24. The van der Waals surface area contributed by atoms with Gasteiger partial charge in [0.1, 0.15) is 11.5 Å². The average molecular weight is 363 g/mol. The molecule has 0 bridgehead atoms. The largest absolute Gasteiger partial charge is 0.305 e. The maximum atomic E-state index is 13.3. The number of hydrogen-bond acceptors (Lipinski definition) is 2. The van der Waals surface area contributed by atoms with Gasteiger partial charge >= 0.3 is 0 Å². The zero-order chi connectivity index (χ0) is 15.7. The van der Waals surface area contributed by atoms with Gasteiger partial charge in [-0.25, -0.2) is 13.8 Å². The third kappa shape index (κ3) is 2.82. The summed E-state index contributed by atoms with van der Waals surface area (Å²) < 4.78 is 27.0. The number of carbonyl (C=O) groups excluding carboxylic acids is 1. The molecule has 2 aromatic carbocycles. The van der Waals surface area contributed by atoms with E-state index < -0.39 is 17.5 Å². The van der Waals surface area contributed by atoms with Crippen molar-refractivity contribution in [1.82, 2.24) is 5.32 Å². The van der Waals surface area contributed by atoms with Crippen LogP contribution in [0.2, 0.25) is 0 Å². The Kier molecular flexibility index (Phi) is 3.85. The summed E-state index contributed by atoms with van der Waals surface area (Å²) in [5, 5.41) is 2.54. The number of rotatable bonds is 2. The molecule has 2 aromatic rings. The molecule has 1 amide bonds. The Morgan fingerprint density at radius 3 is 2.59 bits per heavy atom. The number of hydrogen-bond donors (Lipinski definition) is 1. The van der Waals surface area contributed by atoms with E-state index in [2.05, 4.69) is 26.2 Å². The number of halogens is 3. The molecule has 0 spiro atoms. The molecule has 22 heavy (non-hydrogen) atoms. The van der Waals surface area contributed by atoms with Gasteiger partial charge in [-0.15, -0.1) is 0 Å². The summed E-state index contributed by atoms with van der Waals surface area (Å²) in [6.45, 7) is 0. The van der Waals surface area contributed by atoms with E-state index in [0.717, 1.165) is 22.2 Å². The summed E-state index contributed by atoms with van der Waals surface area (Å²) in [6.07, 6.45) is 1.62. The molecule has 1 aliphatic heterocycles. The van der Waals surface area contributed by atoms with E-state index in [0.29, 0.717) is 5.56 Å². The highest BCUT2D eigenvalue weighted by atomic mass is 79.9. The van der Waals surface area contributed by atoms with Gasteiger partial charge in [0.15, 0.2) is 11.6 Å². The van der Waals surface area contributed by atoms with Gasteiger partial charge in [-0.2, -0.15) is 0 Å². The minimum Gasteiger partial charge on any atom is -0.305 e. The third-order valence-corrected chi connectivity index (χ3v) is 3.81. The highest BCUT2D eigenvalue weighted by molar-refractivity contribution is 9.10. The van der Waals surface area contributed by atoms with Crippen molar-refractivity contribution >= 4 is 33.7 Å². The lowest BCUT2D eigenvalue weighted by atomic mass is 10.2. The Hall–Kier alpha value is -2.34. The first-order valence-corrected chi connectivity index (χ1v) is 7.15. The number of nitrogens with zero attached hydrogens (tertiary/aromatic N) is 1. The minimum absolute atomic E-state index is 0.196. The lowest BCUT2D eigenvalue weighted by molar-refractivity contribution is -0.115. The molecule has 0 fully saturated rings. The zero-order valence-corrected chi connectivity index (χ0v) is 12.7. The van der Waals surface area contributed by atoms with Crippen LogP contribution in [-0.2, 0) is 4.79 Å². The Morgan fingerprint density at radius 2 is 1.86 bits per heavy atom. The van der Waals surface area contributed by atoms with Crippen LogP contribution in [0, 0.1) is 11.6 Å². The molecule has 0 radical (unpaired) electrons. The quantitative estimate of drug-likeness (QED) is 0.814. The summed E-state index contributed by atoms with van der Waals surface area (Å²) in [5.74, 6) is -2.13. The van der Waals surface area contributed by atoms with Crippen molar-refractivity contribution in [3.05, 3.63) is 75.4 Å². The molecular formula is C16H9BrF2N2O. The van der Waals surface area contributed by atoms with Gasteiger partial charge in [-0.05, 0) is 35.9 Å². The smallest absolute Gasteiger partial charge is 0.275 e. The molecule has 0 aromatic heterocycles. The Morgan fingerprint density at radius 1 is 1.09 bits per heavy atom. The zero-order valence-electron chi connectivity index (χ0n) is 11.1. The minimum atomic E-state index is -0.988. The SMILES string of the molecule is O=C1NC(c2ccc(F)c(F)c2)=N/C1=C\c1ccccc1Br. The monoisotopic (exact) mass is 362 g/mol. The summed E-state index contributed by atoms with van der Waals surface area (Å²) in [4.78, 5) is 16.1. The van der Waals surface area contributed by atoms with Crippen molar-refractivity contribution in [3.63, 3.8) is 0 Å². The van der Waals surface area contributed by atoms with Crippen molar-refractivity contribution in [2.45, 2.75) is 0 Å². The molecule has 1 N–H and O–H groups in total. The summed E-state index contributed by atoms with van der Waals surface area (Å²) in [6, 6.07) is 10.7. The fourth-order valence-electron chi connectivity index (χ4n) is 1.99. The summed E-state index contributed by atoms with van der Waals surface area (Å²) in [5.41, 5.74) is 1.30. The van der Waals surface area contributed by atoms with E-state index >= 15 is 0 Å². The normalized spacial score (nSPS) is 15.9. The van der Waals surface area contributed by atoms with Crippen LogP contribution < -0.4 is 5.32 Å². The fourth-order valence-corrected chi connectivity index (χ4v) is 2.39. The topological polar surface area (TPSA) is 41.5 Å². The number of carbonyl (C=O) groups is 1. The first kappa shape index (κ1) is 14.6. The Bertz CT molecular complexity index is 831. The molecular weight excluding hydrogens is 354 g/mol. The van der Waals surface area contributed by atoms with Crippen LogP contribution in [0.1, 0.15) is 11.1 Å². The van der Waals surface area contributed by atoms with Gasteiger partial charge in [0, 0.05) is 10.0 Å². The predicted molar refractivity (Wildman–Crippen MR) is 83.2 cm³/mol. The molecule has 3 rings (SSSR count). The fraction of sp³-hybridized carbons (Fsp3) is 0. The summed E-state index contributed by atoms with van der Waals surface area (Å²) in [7, 11) is 0. The van der Waals surface area contributed by atoms with Gasteiger partial charge in [-0.3, -0.25) is 4.79 Å². The predicted octanol–water partition coefficient (Wildman–Crippen LogP) is 3.64. The molecule has 0 atom stereocenters. The van der Waals surface area contributed by atoms with E-state index in [1.807, 2.05) is 24.3 Å². The third-order valence-electron chi connectivity index (χ3n) is 3.09. The van der Waals surface area contributed by atoms with Crippen LogP contribution in [0.15, 0.2) is 57.6 Å². The maximum Gasteiger partial charge on any atom is 0.275 e. The van der Waals surface area contributed by atoms with Crippen LogP contribution in [0.25, 0.3) is 6.08 Å². The highest BCUT2D eigenvalue weighted by Crippen LogP contribution is 2.21. The highest BCUT2D eigenvalue weighted by Gasteiger charge is 2.22. The van der Waals surface area contributed by atoms with Crippen molar-refractivity contribution < 1.29 is 13.6 Å². The van der Waals surface area contributed by atoms with Crippen molar-refractivity contribution in [2.24, 2.45) is 4.99 Å². The Labute approximate surface area is 133 Å². The second kappa shape index (κ2) is 5.81. The number of amides is 1. The number of aliphatic imine (C=N–C) groups is 1. The molecule has 0 unspecified atom stereocenters. The van der Waals surface area contributed by atoms with E-state index in [1.165, 1.54) is 6.07 Å². The van der Waals surface area contributed by atoms with Crippen LogP contribution in [-0.4, -0.2) is 11.7 Å². The van der Waals surface area contributed by atoms with Gasteiger partial charge in [0.2, 0.25) is 0 Å². The molecule has 1 aliphatic rings. The van der Waals surface area contributed by atoms with E-state index in [1.54, 1.807) is 6.08 Å². The Balaban J connectivity index is 1.98. The number of nitrogens with one attached hydrogen (secondary N) is 1. The van der Waals surface area contributed by atoms with Gasteiger partial charge in [0.25, 0.3) is 5.91 Å². The van der Waals surface area contributed by atoms with Gasteiger partial charge < -0.3 is 5.32 Å². The average Bonchev–Trinajstić information content (AvgIpc) is 2.85. The summed E-state index contributed by atoms with van der Waals surface area (Å²) >= 11 is 3.39. The molecule has 3 nitrogen and oxygen atoms in total. The van der Waals surface area contributed by atoms with Crippen LogP contribution in [0.3, 0.4) is 0 Å². The van der Waals surface area contributed by atoms with Crippen LogP contribution >= 0.6 is 15.9 Å². The lowest BCUT2D eigenvalue weighted by Gasteiger charge is -2.00. The van der Waals surface area contributed by atoms with Crippen molar-refractivity contribution in [1.29, 1.82) is 0 Å². The van der Waals surface area contributed by atoms with Gasteiger partial charge in [0.05, 0.1) is 0 Å². The number of amidine groups is 1. The number of benzene rings is 2. The molecule has 0 saturated heterocycles. The van der Waals surface area contributed by atoms with E-state index in [4.69, 9.17) is 0 Å². The molecule has 6 heteroatoms. The second-order valence-corrected chi connectivity index (χ2v) is 5.45. The van der Waals surface area contributed by atoms with Crippen molar-refractivity contribution in [3.8, 4) is 0 Å². The first-order valence-electron chi connectivity index (χ1n) is 6.36. The van der Waals surface area contributed by atoms with Crippen LogP contribution in [0.5, 0.6) is 0 Å². The maximum absolute atomic E-state index is 13.3. The van der Waals surface area contributed by atoms with E-state index in [-0.39, 0.29) is 11.5 Å². The van der Waals surface area contributed by atoms with E-state index in [9.17, 15) is 13.6 Å². The molecule has 0 saturated carbocycles. The van der Waals surface area contributed by atoms with Crippen LogP contribution in [0.4, 0.5) is 8.78 Å². The molecule has 110 valence electrons. The standard InChI is InChI=1S/C16H9BrF2N2O/c17-11-4-2-1-3-9(11)8-14-16(22)21-15(20-14)10-5-6-12(18)13(19)7-10/h1-8H,(H,20,21,22)/b14-8-. The second-order valence-electron chi connectivity index (χ2n) is 4.59. The van der Waals surface area contributed by atoms with Gasteiger partial charge in [-0.1, -0.05) is 34.1 Å². The molecule has 0 aliphatic carbocycles. The first-order chi connectivity index (χ1) is 10.5.